The molecule has 0 bridgehead atoms. The van der Waals surface area contributed by atoms with Gasteiger partial charge in [-0.2, -0.15) is 0 Å². The summed E-state index contributed by atoms with van der Waals surface area (Å²) in [6, 6.07) is 16.4. The Morgan fingerprint density at radius 3 is 2.53 bits per heavy atom. The number of nitrogens with zero attached hydrogens (tertiary/aromatic N) is 1. The molecule has 34 heavy (non-hydrogen) atoms. The number of para-hydroxylation sites is 2. The van der Waals surface area contributed by atoms with Crippen molar-refractivity contribution in [2.75, 3.05) is 14.2 Å². The summed E-state index contributed by atoms with van der Waals surface area (Å²) in [5, 5.41) is 11.5. The van der Waals surface area contributed by atoms with E-state index >= 15 is 0 Å². The van der Waals surface area contributed by atoms with Crippen LogP contribution in [0.25, 0.3) is 11.0 Å². The van der Waals surface area contributed by atoms with E-state index in [4.69, 9.17) is 18.3 Å². The van der Waals surface area contributed by atoms with E-state index in [1.165, 1.54) is 25.4 Å². The largest absolute Gasteiger partial charge is 0.503 e. The number of Topliss-reactive ketones (excluding diaryl/α,β-unsaturated/α-hetero) is 1. The molecule has 0 radical (unpaired) electrons. The van der Waals surface area contributed by atoms with Gasteiger partial charge in [-0.25, -0.2) is 0 Å². The minimum absolute atomic E-state index is 0.0236. The number of amides is 1. The van der Waals surface area contributed by atoms with Crippen molar-refractivity contribution < 1.29 is 33.0 Å². The van der Waals surface area contributed by atoms with E-state index < -0.39 is 23.5 Å². The topological polar surface area (TPSA) is 102 Å². The van der Waals surface area contributed by atoms with E-state index in [0.717, 1.165) is 0 Å². The van der Waals surface area contributed by atoms with Crippen molar-refractivity contribution >= 4 is 22.7 Å². The molecule has 172 valence electrons. The van der Waals surface area contributed by atoms with Crippen LogP contribution in [0.2, 0.25) is 0 Å². The molecule has 8 nitrogen and oxygen atoms in total. The standard InChI is InChI=1S/C26H21NO7/c1-31-17-9-4-3-7-16(17)14-27-22(18-11-6-12-33-18)21(24(29)26(27)30)23(28)20-13-15-8-5-10-19(32-2)25(15)34-20/h3-13,22,29H,14H2,1-2H3. The fourth-order valence-corrected chi connectivity index (χ4v) is 4.25. The van der Waals surface area contributed by atoms with Crippen LogP contribution in [-0.2, 0) is 11.3 Å². The molecule has 0 saturated heterocycles. The number of carbonyl (C=O) groups excluding carboxylic acids is 2. The smallest absolute Gasteiger partial charge is 0.290 e. The summed E-state index contributed by atoms with van der Waals surface area (Å²) in [6.45, 7) is 0.0863. The number of ketones is 1. The summed E-state index contributed by atoms with van der Waals surface area (Å²) >= 11 is 0. The first kappa shape index (κ1) is 21.4. The van der Waals surface area contributed by atoms with Gasteiger partial charge >= 0.3 is 0 Å². The maximum absolute atomic E-state index is 13.6. The first-order chi connectivity index (χ1) is 16.5. The summed E-state index contributed by atoms with van der Waals surface area (Å²) in [5.74, 6) is -0.588. The van der Waals surface area contributed by atoms with Gasteiger partial charge < -0.3 is 28.3 Å². The van der Waals surface area contributed by atoms with Crippen molar-refractivity contribution in [2.24, 2.45) is 0 Å². The Bertz CT molecular complexity index is 1410. The maximum Gasteiger partial charge on any atom is 0.290 e. The van der Waals surface area contributed by atoms with Crippen LogP contribution in [0.1, 0.15) is 27.9 Å². The molecule has 1 N–H and O–H groups in total. The Morgan fingerprint density at radius 1 is 1.03 bits per heavy atom. The summed E-state index contributed by atoms with van der Waals surface area (Å²) in [5.41, 5.74) is 0.996. The van der Waals surface area contributed by atoms with Gasteiger partial charge in [-0.05, 0) is 30.3 Å². The van der Waals surface area contributed by atoms with Gasteiger partial charge in [0, 0.05) is 10.9 Å². The van der Waals surface area contributed by atoms with Gasteiger partial charge in [0.25, 0.3) is 5.91 Å². The molecule has 2 aromatic carbocycles. The van der Waals surface area contributed by atoms with Crippen LogP contribution in [0.5, 0.6) is 11.5 Å². The van der Waals surface area contributed by atoms with Crippen molar-refractivity contribution in [3.8, 4) is 11.5 Å². The maximum atomic E-state index is 13.6. The molecule has 0 spiro atoms. The molecule has 0 saturated carbocycles. The van der Waals surface area contributed by atoms with Crippen molar-refractivity contribution in [1.29, 1.82) is 0 Å². The molecule has 0 fully saturated rings. The highest BCUT2D eigenvalue weighted by Crippen LogP contribution is 2.41. The number of rotatable bonds is 7. The van der Waals surface area contributed by atoms with Gasteiger partial charge in [0.15, 0.2) is 22.9 Å². The molecule has 1 aliphatic rings. The second-order valence-electron chi connectivity index (χ2n) is 7.74. The number of aliphatic hydroxyl groups excluding tert-OH is 1. The van der Waals surface area contributed by atoms with Crippen LogP contribution in [0.15, 0.2) is 87.1 Å². The van der Waals surface area contributed by atoms with E-state index in [1.807, 2.05) is 18.2 Å². The van der Waals surface area contributed by atoms with E-state index in [1.54, 1.807) is 42.5 Å². The monoisotopic (exact) mass is 459 g/mol. The number of furan rings is 2. The molecule has 5 rings (SSSR count). The fraction of sp³-hybridized carbons (Fsp3) is 0.154. The SMILES string of the molecule is COc1ccccc1CN1C(=O)C(O)=C(C(=O)c2cc3cccc(OC)c3o2)C1c1ccco1. The van der Waals surface area contributed by atoms with Crippen LogP contribution in [0.4, 0.5) is 0 Å². The lowest BCUT2D eigenvalue weighted by atomic mass is 9.99. The third-order valence-electron chi connectivity index (χ3n) is 5.85. The highest BCUT2D eigenvalue weighted by Gasteiger charge is 2.46. The zero-order valence-corrected chi connectivity index (χ0v) is 18.5. The van der Waals surface area contributed by atoms with Crippen LogP contribution in [-0.4, -0.2) is 35.9 Å². The number of hydrogen-bond acceptors (Lipinski definition) is 7. The Kier molecular flexibility index (Phi) is 5.33. The van der Waals surface area contributed by atoms with E-state index in [-0.39, 0.29) is 17.9 Å². The molecule has 1 unspecified atom stereocenters. The summed E-state index contributed by atoms with van der Waals surface area (Å²) in [6.07, 6.45) is 1.45. The van der Waals surface area contributed by atoms with Gasteiger partial charge in [0.1, 0.15) is 17.6 Å². The minimum atomic E-state index is -0.949. The average molecular weight is 459 g/mol. The quantitative estimate of drug-likeness (QED) is 0.395. The number of methoxy groups -OCH3 is 2. The Hall–Kier alpha value is -4.46. The lowest BCUT2D eigenvalue weighted by Crippen LogP contribution is -2.30. The molecule has 3 heterocycles. The molecular formula is C26H21NO7. The molecule has 2 aromatic heterocycles. The van der Waals surface area contributed by atoms with Crippen molar-refractivity contribution in [3.63, 3.8) is 0 Å². The number of benzene rings is 2. The van der Waals surface area contributed by atoms with Crippen LogP contribution in [0.3, 0.4) is 0 Å². The molecule has 8 heteroatoms. The van der Waals surface area contributed by atoms with Crippen molar-refractivity contribution in [3.05, 3.63) is 95.3 Å². The van der Waals surface area contributed by atoms with Gasteiger partial charge in [0.2, 0.25) is 5.78 Å². The van der Waals surface area contributed by atoms with Gasteiger partial charge in [0.05, 0.1) is 32.6 Å². The lowest BCUT2D eigenvalue weighted by Gasteiger charge is -2.25. The van der Waals surface area contributed by atoms with Crippen molar-refractivity contribution in [2.45, 2.75) is 12.6 Å². The van der Waals surface area contributed by atoms with Gasteiger partial charge in [-0.15, -0.1) is 0 Å². The number of ether oxygens (including phenoxy) is 2. The van der Waals surface area contributed by atoms with E-state index in [0.29, 0.717) is 33.8 Å². The van der Waals surface area contributed by atoms with E-state index in [9.17, 15) is 14.7 Å². The summed E-state index contributed by atoms with van der Waals surface area (Å²) in [4.78, 5) is 28.1. The number of carbonyl (C=O) groups is 2. The Labute approximate surface area is 194 Å². The molecule has 4 aromatic rings. The summed E-state index contributed by atoms with van der Waals surface area (Å²) in [7, 11) is 3.04. The third-order valence-corrected chi connectivity index (χ3v) is 5.85. The number of fused-ring (bicyclic) bond motifs is 1. The molecule has 1 atom stereocenters. The lowest BCUT2D eigenvalue weighted by molar-refractivity contribution is -0.130. The average Bonchev–Trinajstić information content (AvgIpc) is 3.59. The fourth-order valence-electron chi connectivity index (χ4n) is 4.25. The number of aliphatic hydroxyl groups is 1. The molecule has 1 amide bonds. The highest BCUT2D eigenvalue weighted by molar-refractivity contribution is 6.16. The predicted octanol–water partition coefficient (Wildman–Crippen LogP) is 4.82. The third kappa shape index (κ3) is 3.40. The zero-order chi connectivity index (χ0) is 23.8. The molecule has 1 aliphatic heterocycles. The predicted molar refractivity (Wildman–Crippen MR) is 122 cm³/mol. The van der Waals surface area contributed by atoms with Crippen LogP contribution >= 0.6 is 0 Å². The number of hydrogen-bond donors (Lipinski definition) is 1. The van der Waals surface area contributed by atoms with Crippen LogP contribution < -0.4 is 9.47 Å². The summed E-state index contributed by atoms with van der Waals surface area (Å²) < 4.78 is 22.1. The van der Waals surface area contributed by atoms with Crippen molar-refractivity contribution in [1.82, 2.24) is 4.90 Å². The van der Waals surface area contributed by atoms with E-state index in [2.05, 4.69) is 0 Å². The second-order valence-corrected chi connectivity index (χ2v) is 7.74. The Balaban J connectivity index is 1.58. The minimum Gasteiger partial charge on any atom is -0.503 e. The zero-order valence-electron chi connectivity index (χ0n) is 18.5. The molecule has 0 aliphatic carbocycles. The second kappa shape index (κ2) is 8.47. The molecular weight excluding hydrogens is 438 g/mol. The highest BCUT2D eigenvalue weighted by atomic mass is 16.5. The Morgan fingerprint density at radius 2 is 1.79 bits per heavy atom. The first-order valence-electron chi connectivity index (χ1n) is 10.5. The first-order valence-corrected chi connectivity index (χ1v) is 10.5. The van der Waals surface area contributed by atoms with Gasteiger partial charge in [-0.1, -0.05) is 30.3 Å². The van der Waals surface area contributed by atoms with Gasteiger partial charge in [-0.3, -0.25) is 9.59 Å². The normalized spacial score (nSPS) is 15.9. The van der Waals surface area contributed by atoms with Crippen LogP contribution in [0, 0.1) is 0 Å².